The Kier molecular flexibility index (Phi) is 31.0. The van der Waals surface area contributed by atoms with Crippen molar-refractivity contribution in [2.75, 3.05) is 93.0 Å². The number of hydrogen-bond acceptors (Lipinski definition) is 17. The van der Waals surface area contributed by atoms with Gasteiger partial charge in [0.15, 0.2) is 34.7 Å². The van der Waals surface area contributed by atoms with Gasteiger partial charge >= 0.3 is 12.2 Å². The van der Waals surface area contributed by atoms with E-state index in [1.165, 1.54) is 11.3 Å². The molecule has 0 aromatic carbocycles. The van der Waals surface area contributed by atoms with Gasteiger partial charge in [0.2, 0.25) is 0 Å². The monoisotopic (exact) mass is 1210 g/mol. The Morgan fingerprint density at radius 1 is 0.353 bits per heavy atom. The molecule has 6 atom stereocenters. The summed E-state index contributed by atoms with van der Waals surface area (Å²) in [5.41, 5.74) is -2.90. The number of carbonyl (C=O) groups is 8. The first-order chi connectivity index (χ1) is 38.4. The van der Waals surface area contributed by atoms with Crippen molar-refractivity contribution in [1.29, 1.82) is 0 Å². The van der Waals surface area contributed by atoms with Crippen molar-refractivity contribution in [1.82, 2.24) is 30.2 Å². The molecule has 0 aromatic rings. The molecule has 494 valence electrons. The van der Waals surface area contributed by atoms with Crippen LogP contribution < -0.4 is 10.6 Å². The summed E-state index contributed by atoms with van der Waals surface area (Å²) in [6, 6.07) is -0.698. The highest BCUT2D eigenvalue weighted by atomic mass is 16.6. The standard InChI is InChI=1S/C14H25NO4.C14H25NO3.C10H19NO2.C10H19NO.C9H17NO2.C9H17NO/c1-13(2,3)11(16)10-9-18-8-7-15(10)12(17)19-14(4,5)6;1-13(2,3)11(16)10-8-7-9-15(10)12(17)18-14(4,5)6;1-10(2,3)9(12)8-7-13-6-5-11(8)4;1-10(2,3)9(12)8-6-5-7-11(8)4;1-9(2,3)8(11)7-6-12-5-4-10-7;1-9(2,3)8(11)7-5-4-6-10-7/h10H,7-9H2,1-6H3;10H,7-9H2,1-6H3;8H,5-7H2,1-4H3;8H,5-7H2,1-4H3;7,10H,4-6H2,1-3H3;7,10H,4-6H2,1-3H3. The highest BCUT2D eigenvalue weighted by Crippen LogP contribution is 2.30. The smallest absolute Gasteiger partial charge is 0.411 e. The number of nitrogens with zero attached hydrogens (tertiary/aromatic N) is 4. The predicted octanol–water partition coefficient (Wildman–Crippen LogP) is 9.81. The fourth-order valence-corrected chi connectivity index (χ4v) is 9.83. The van der Waals surface area contributed by atoms with Crippen LogP contribution in [0.1, 0.15) is 205 Å². The van der Waals surface area contributed by atoms with Gasteiger partial charge in [-0.3, -0.25) is 48.4 Å². The number of nitrogens with one attached hydrogen (secondary N) is 2. The van der Waals surface area contributed by atoms with Crippen LogP contribution in [-0.4, -0.2) is 207 Å². The van der Waals surface area contributed by atoms with Crippen LogP contribution in [0.25, 0.3) is 0 Å². The van der Waals surface area contributed by atoms with Crippen LogP contribution in [0.3, 0.4) is 0 Å². The van der Waals surface area contributed by atoms with Crippen LogP contribution in [0, 0.1) is 32.5 Å². The maximum absolute atomic E-state index is 12.4. The van der Waals surface area contributed by atoms with E-state index in [9.17, 15) is 38.4 Å². The molecule has 2 N–H and O–H groups in total. The molecular formula is C66H122N6O13. The normalized spacial score (nSPS) is 23.7. The van der Waals surface area contributed by atoms with Crippen molar-refractivity contribution in [2.45, 2.75) is 252 Å². The zero-order valence-corrected chi connectivity index (χ0v) is 58.3. The molecule has 0 spiro atoms. The van der Waals surface area contributed by atoms with E-state index < -0.39 is 34.2 Å². The van der Waals surface area contributed by atoms with Gasteiger partial charge < -0.3 is 34.3 Å². The third-order valence-electron chi connectivity index (χ3n) is 14.8. The van der Waals surface area contributed by atoms with Crippen LogP contribution in [0.5, 0.6) is 0 Å². The molecule has 6 fully saturated rings. The molecule has 6 saturated heterocycles. The minimum Gasteiger partial charge on any atom is -0.444 e. The van der Waals surface area contributed by atoms with Gasteiger partial charge in [-0.05, 0) is 107 Å². The molecule has 19 nitrogen and oxygen atoms in total. The van der Waals surface area contributed by atoms with E-state index in [-0.39, 0.29) is 87.7 Å². The number of ketones is 6. The fourth-order valence-electron chi connectivity index (χ4n) is 9.83. The second-order valence-corrected chi connectivity index (χ2v) is 31.7. The Morgan fingerprint density at radius 3 is 1.09 bits per heavy atom. The molecule has 6 rings (SSSR count). The summed E-state index contributed by atoms with van der Waals surface area (Å²) in [6.07, 6.45) is 5.18. The van der Waals surface area contributed by atoms with Crippen molar-refractivity contribution in [3.8, 4) is 0 Å². The number of likely N-dealkylation sites (tertiary alicyclic amines) is 2. The van der Waals surface area contributed by atoms with Gasteiger partial charge in [-0.1, -0.05) is 125 Å². The number of ether oxygens (including phenoxy) is 5. The quantitative estimate of drug-likeness (QED) is 0.253. The molecule has 0 bridgehead atoms. The Morgan fingerprint density at radius 2 is 0.706 bits per heavy atom. The second-order valence-electron chi connectivity index (χ2n) is 31.7. The minimum absolute atomic E-state index is 0.00180. The van der Waals surface area contributed by atoms with Gasteiger partial charge in [0.05, 0.1) is 69.9 Å². The van der Waals surface area contributed by atoms with Crippen molar-refractivity contribution in [3.05, 3.63) is 0 Å². The van der Waals surface area contributed by atoms with E-state index in [0.29, 0.717) is 51.1 Å². The summed E-state index contributed by atoms with van der Waals surface area (Å²) in [4.78, 5) is 103. The lowest BCUT2D eigenvalue weighted by Gasteiger charge is -2.38. The molecule has 85 heavy (non-hydrogen) atoms. The summed E-state index contributed by atoms with van der Waals surface area (Å²) in [6.45, 7) is 53.7. The molecular weight excluding hydrogens is 1080 g/mol. The van der Waals surface area contributed by atoms with Crippen molar-refractivity contribution < 1.29 is 62.0 Å². The van der Waals surface area contributed by atoms with Crippen molar-refractivity contribution in [2.24, 2.45) is 32.5 Å². The molecule has 0 radical (unpaired) electrons. The van der Waals surface area contributed by atoms with Crippen LogP contribution in [-0.2, 0) is 52.5 Å². The van der Waals surface area contributed by atoms with E-state index in [2.05, 4.69) is 20.4 Å². The predicted molar refractivity (Wildman–Crippen MR) is 337 cm³/mol. The van der Waals surface area contributed by atoms with Crippen LogP contribution in [0.2, 0.25) is 0 Å². The second kappa shape index (κ2) is 33.2. The molecule has 2 amide bonds. The van der Waals surface area contributed by atoms with E-state index in [0.717, 1.165) is 64.9 Å². The minimum atomic E-state index is -0.565. The summed E-state index contributed by atoms with van der Waals surface area (Å²) in [7, 11) is 4.03. The largest absolute Gasteiger partial charge is 0.444 e. The lowest BCUT2D eigenvalue weighted by atomic mass is 9.85. The van der Waals surface area contributed by atoms with E-state index in [4.69, 9.17) is 23.7 Å². The SMILES string of the molecule is CC(C)(C)C(=O)C1CCCN1.CC(C)(C)C(=O)C1COCCN1.CC(C)(C)OC(=O)N1CCCC1C(=O)C(C)(C)C.CC(C)(C)OC(=O)N1CCOCC1C(=O)C(C)(C)C.CN1CCCC1C(=O)C(C)(C)C.CN1CCOCC1C(=O)C(C)(C)C. The average molecular weight is 1210 g/mol. The molecule has 6 aliphatic heterocycles. The van der Waals surface area contributed by atoms with Gasteiger partial charge in [0, 0.05) is 58.7 Å². The molecule has 0 saturated carbocycles. The Balaban J connectivity index is 0.000000516. The van der Waals surface area contributed by atoms with E-state index in [1.54, 1.807) is 4.90 Å². The molecule has 0 aliphatic carbocycles. The molecule has 6 unspecified atom stereocenters. The van der Waals surface area contributed by atoms with Gasteiger partial charge in [-0.15, -0.1) is 0 Å². The highest BCUT2D eigenvalue weighted by molar-refractivity contribution is 5.93. The first kappa shape index (κ1) is 79.3. The van der Waals surface area contributed by atoms with Crippen LogP contribution in [0.15, 0.2) is 0 Å². The van der Waals surface area contributed by atoms with Gasteiger partial charge in [0.25, 0.3) is 0 Å². The number of hydrogen-bond donors (Lipinski definition) is 2. The highest BCUT2D eigenvalue weighted by Gasteiger charge is 2.43. The number of Topliss-reactive ketones (excluding diaryl/α,β-unsaturated/α-hetero) is 6. The summed E-state index contributed by atoms with van der Waals surface area (Å²) in [5, 5.41) is 6.36. The van der Waals surface area contributed by atoms with Gasteiger partial charge in [0.1, 0.15) is 17.2 Å². The van der Waals surface area contributed by atoms with E-state index >= 15 is 0 Å². The van der Waals surface area contributed by atoms with E-state index in [1.807, 2.05) is 180 Å². The van der Waals surface area contributed by atoms with Crippen molar-refractivity contribution >= 4 is 46.9 Å². The van der Waals surface area contributed by atoms with Gasteiger partial charge in [-0.2, -0.15) is 0 Å². The topological polar surface area (TPSA) is 220 Å². The van der Waals surface area contributed by atoms with Crippen molar-refractivity contribution in [3.63, 3.8) is 0 Å². The first-order valence-corrected chi connectivity index (χ1v) is 31.3. The number of rotatable bonds is 6. The summed E-state index contributed by atoms with van der Waals surface area (Å²) < 4.78 is 26.6. The molecule has 0 aromatic heterocycles. The third kappa shape index (κ3) is 28.5. The summed E-state index contributed by atoms with van der Waals surface area (Å²) in [5.74, 6) is 1.37. The van der Waals surface area contributed by atoms with Crippen LogP contribution >= 0.6 is 0 Å². The Hall–Kier alpha value is -3.72. The Bertz CT molecular complexity index is 2150. The maximum Gasteiger partial charge on any atom is 0.411 e. The molecule has 6 heterocycles. The average Bonchev–Trinajstić information content (AvgIpc) is 4.32. The summed E-state index contributed by atoms with van der Waals surface area (Å²) >= 11 is 0. The zero-order valence-electron chi connectivity index (χ0n) is 58.3. The first-order valence-electron chi connectivity index (χ1n) is 31.3. The van der Waals surface area contributed by atoms with Gasteiger partial charge in [-0.25, -0.2) is 9.59 Å². The number of carbonyl (C=O) groups excluding carboxylic acids is 8. The number of likely N-dealkylation sites (N-methyl/N-ethyl adjacent to an activating group) is 2. The fraction of sp³-hybridized carbons (Fsp3) is 0.879. The third-order valence-corrected chi connectivity index (χ3v) is 14.8. The Labute approximate surface area is 514 Å². The maximum atomic E-state index is 12.4. The zero-order chi connectivity index (χ0) is 66.1. The lowest BCUT2D eigenvalue weighted by Crippen LogP contribution is -2.56. The molecule has 19 heteroatoms. The number of amides is 2. The van der Waals surface area contributed by atoms with Crippen LogP contribution in [0.4, 0.5) is 9.59 Å². The lowest BCUT2D eigenvalue weighted by molar-refractivity contribution is -0.137. The number of morpholine rings is 3. The molecule has 6 aliphatic rings.